The number of ether oxygens (including phenoxy) is 2. The second kappa shape index (κ2) is 19.5. The van der Waals surface area contributed by atoms with Gasteiger partial charge in [-0.05, 0) is 110 Å². The highest BCUT2D eigenvalue weighted by Crippen LogP contribution is 2.44. The molecule has 15 nitrogen and oxygen atoms in total. The highest BCUT2D eigenvalue weighted by molar-refractivity contribution is 7.91. The maximum Gasteiger partial charge on any atom is 0.408 e. The molecule has 3 aromatic rings. The number of carbonyl (C=O) groups excluding carboxylic acids is 4. The first-order valence-corrected chi connectivity index (χ1v) is 25.6. The number of carbonyl (C=O) groups is 4. The SMILES string of the molecule is CC(C)n1c(OC2CC(C(N)=O)N(C(=O)C(CCCCCC=CC3CC3C(=O)NS(=O)(=O)C3(C)CC3)NC(=O)OC(C)(C)C)C2)nc2c(-c3nc(CC4CCCCC4)cs3)cccc21. The van der Waals surface area contributed by atoms with E-state index in [0.29, 0.717) is 44.0 Å². The molecular formula is C47H67N7O8S2. The zero-order valence-corrected chi connectivity index (χ0v) is 39.9. The number of hydrogen-bond acceptors (Lipinski definition) is 11. The fourth-order valence-electron chi connectivity index (χ4n) is 9.08. The number of unbranched alkanes of at least 4 members (excludes halogenated alkanes) is 3. The highest BCUT2D eigenvalue weighted by Gasteiger charge is 2.52. The molecule has 17 heteroatoms. The first kappa shape index (κ1) is 47.5. The molecule has 1 saturated heterocycles. The van der Waals surface area contributed by atoms with E-state index in [-0.39, 0.29) is 30.8 Å². The van der Waals surface area contributed by atoms with E-state index < -0.39 is 62.4 Å². The van der Waals surface area contributed by atoms with Gasteiger partial charge in [0.1, 0.15) is 34.3 Å². The number of aromatic nitrogens is 3. The van der Waals surface area contributed by atoms with Gasteiger partial charge < -0.3 is 25.4 Å². The van der Waals surface area contributed by atoms with Crippen molar-refractivity contribution in [3.63, 3.8) is 0 Å². The van der Waals surface area contributed by atoms with Crippen molar-refractivity contribution in [2.45, 2.75) is 172 Å². The topological polar surface area (TPSA) is 205 Å². The first-order chi connectivity index (χ1) is 30.3. The summed E-state index contributed by atoms with van der Waals surface area (Å²) in [6.07, 6.45) is 15.2. The summed E-state index contributed by atoms with van der Waals surface area (Å²) in [5.74, 6) is -1.17. The van der Waals surface area contributed by atoms with Gasteiger partial charge in [0.05, 0.1) is 22.5 Å². The summed E-state index contributed by atoms with van der Waals surface area (Å²) in [5.41, 5.74) is 8.86. The number of benzene rings is 1. The highest BCUT2D eigenvalue weighted by atomic mass is 32.2. The summed E-state index contributed by atoms with van der Waals surface area (Å²) >= 11 is 1.63. The van der Waals surface area contributed by atoms with E-state index in [4.69, 9.17) is 25.2 Å². The Morgan fingerprint density at radius 3 is 2.48 bits per heavy atom. The Labute approximate surface area is 381 Å². The quantitative estimate of drug-likeness (QED) is 0.0788. The molecule has 4 fully saturated rings. The third kappa shape index (κ3) is 11.5. The van der Waals surface area contributed by atoms with E-state index in [1.165, 1.54) is 37.0 Å². The summed E-state index contributed by atoms with van der Waals surface area (Å²) in [7, 11) is -3.65. The van der Waals surface area contributed by atoms with Gasteiger partial charge in [-0.15, -0.1) is 11.3 Å². The van der Waals surface area contributed by atoms with E-state index in [0.717, 1.165) is 53.0 Å². The van der Waals surface area contributed by atoms with Crippen LogP contribution in [0.15, 0.2) is 35.7 Å². The number of thiazole rings is 1. The smallest absolute Gasteiger partial charge is 0.408 e. The number of primary amides is 1. The number of amides is 4. The maximum atomic E-state index is 14.4. The number of allylic oxidation sites excluding steroid dienone is 2. The van der Waals surface area contributed by atoms with E-state index >= 15 is 0 Å². The van der Waals surface area contributed by atoms with E-state index in [1.54, 1.807) is 39.0 Å². The Morgan fingerprint density at radius 2 is 1.80 bits per heavy atom. The largest absolute Gasteiger partial charge is 0.459 e. The number of nitrogens with zero attached hydrogens (tertiary/aromatic N) is 4. The molecule has 7 rings (SSSR count). The van der Waals surface area contributed by atoms with Crippen LogP contribution in [0, 0.1) is 17.8 Å². The lowest BCUT2D eigenvalue weighted by atomic mass is 9.86. The van der Waals surface area contributed by atoms with Crippen molar-refractivity contribution in [3.8, 4) is 16.6 Å². The summed E-state index contributed by atoms with van der Waals surface area (Å²) < 4.78 is 40.5. The third-order valence-electron chi connectivity index (χ3n) is 13.1. The standard InChI is InChI=1S/C47H67N7O8S2/c1-29(2)54-37-21-15-19-34(42-49-32(28-63-42)24-30-16-11-10-12-17-30)39(37)51-44(54)61-33-26-38(40(48)55)53(27-33)43(57)36(50-45(58)62-46(3,4)5)20-14-9-7-8-13-18-31-25-35(31)41(56)52-64(59,60)47(6)22-23-47/h13,15,18-19,21,28-31,33,35-36,38H,7-12,14,16-17,20,22-27H2,1-6H3,(H2,48,55)(H,50,58)(H,52,56). The number of likely N-dealkylation sites (tertiary alicyclic amines) is 1. The molecular weight excluding hydrogens is 855 g/mol. The average molecular weight is 922 g/mol. The number of hydrogen-bond donors (Lipinski definition) is 3. The van der Waals surface area contributed by atoms with Crippen LogP contribution in [0.3, 0.4) is 0 Å². The van der Waals surface area contributed by atoms with Gasteiger partial charge in [-0.25, -0.2) is 18.2 Å². The summed E-state index contributed by atoms with van der Waals surface area (Å²) in [4.78, 5) is 64.4. The van der Waals surface area contributed by atoms with Crippen LogP contribution in [0.5, 0.6) is 6.01 Å². The number of fused-ring (bicyclic) bond motifs is 1. The third-order valence-corrected chi connectivity index (χ3v) is 16.2. The Hall–Kier alpha value is -4.51. The molecule has 4 amide bonds. The van der Waals surface area contributed by atoms with Crippen LogP contribution in [0.4, 0.5) is 4.79 Å². The van der Waals surface area contributed by atoms with Gasteiger partial charge in [0.25, 0.3) is 6.01 Å². The number of imidazole rings is 1. The molecule has 3 heterocycles. The molecule has 4 aliphatic rings. The van der Waals surface area contributed by atoms with Crippen LogP contribution in [0.2, 0.25) is 0 Å². The Bertz CT molecular complexity index is 2320. The second-order valence-electron chi connectivity index (χ2n) is 20.0. The van der Waals surface area contributed by atoms with Crippen LogP contribution in [-0.2, 0) is 35.6 Å². The van der Waals surface area contributed by atoms with Crippen LogP contribution >= 0.6 is 11.3 Å². The molecule has 3 aliphatic carbocycles. The fraction of sp³-hybridized carbons (Fsp3) is 0.660. The maximum absolute atomic E-state index is 14.4. The molecule has 0 bridgehead atoms. The number of nitrogens with two attached hydrogens (primary N) is 1. The first-order valence-electron chi connectivity index (χ1n) is 23.3. The van der Waals surface area contributed by atoms with Gasteiger partial charge in [0.15, 0.2) is 0 Å². The van der Waals surface area contributed by atoms with Crippen molar-refractivity contribution < 1.29 is 37.1 Å². The minimum Gasteiger partial charge on any atom is -0.459 e. The van der Waals surface area contributed by atoms with Gasteiger partial charge in [0, 0.05) is 29.3 Å². The van der Waals surface area contributed by atoms with Gasteiger partial charge in [-0.3, -0.25) is 23.7 Å². The van der Waals surface area contributed by atoms with Gasteiger partial charge >= 0.3 is 6.09 Å². The van der Waals surface area contributed by atoms with E-state index in [1.807, 2.05) is 34.9 Å². The van der Waals surface area contributed by atoms with Crippen molar-refractivity contribution in [1.29, 1.82) is 0 Å². The molecule has 1 aliphatic heterocycles. The second-order valence-corrected chi connectivity index (χ2v) is 23.0. The van der Waals surface area contributed by atoms with Crippen molar-refractivity contribution in [2.75, 3.05) is 6.54 Å². The average Bonchev–Trinajstić information content (AvgIpc) is 4.00. The molecule has 2 aromatic heterocycles. The molecule has 5 unspecified atom stereocenters. The number of nitrogens with one attached hydrogen (secondary N) is 2. The minimum absolute atomic E-state index is 0.0168. The molecule has 64 heavy (non-hydrogen) atoms. The molecule has 0 radical (unpaired) electrons. The molecule has 0 spiro atoms. The summed E-state index contributed by atoms with van der Waals surface area (Å²) in [5, 5.41) is 5.85. The normalized spacial score (nSPS) is 22.8. The van der Waals surface area contributed by atoms with E-state index in [9.17, 15) is 27.6 Å². The molecule has 4 N–H and O–H groups in total. The van der Waals surface area contributed by atoms with Crippen LogP contribution in [0.1, 0.15) is 143 Å². The van der Waals surface area contributed by atoms with Gasteiger partial charge in [-0.2, -0.15) is 4.98 Å². The Kier molecular flexibility index (Phi) is 14.5. The predicted molar refractivity (Wildman–Crippen MR) is 247 cm³/mol. The van der Waals surface area contributed by atoms with E-state index in [2.05, 4.69) is 29.3 Å². The van der Waals surface area contributed by atoms with Crippen LogP contribution in [0.25, 0.3) is 21.6 Å². The van der Waals surface area contributed by atoms with Gasteiger partial charge in [0.2, 0.25) is 27.7 Å². The minimum atomic E-state index is -3.65. The number of rotatable bonds is 19. The van der Waals surface area contributed by atoms with Crippen molar-refractivity contribution >= 4 is 56.2 Å². The zero-order valence-electron chi connectivity index (χ0n) is 38.3. The van der Waals surface area contributed by atoms with Crippen LogP contribution < -0.4 is 20.5 Å². The predicted octanol–water partition coefficient (Wildman–Crippen LogP) is 7.73. The fourth-order valence-corrected chi connectivity index (χ4v) is 11.2. The summed E-state index contributed by atoms with van der Waals surface area (Å²) in [6, 6.07) is 4.50. The Balaban J connectivity index is 0.981. The zero-order chi connectivity index (χ0) is 46.0. The van der Waals surface area contributed by atoms with Crippen molar-refractivity contribution in [2.24, 2.45) is 23.5 Å². The number of sulfonamides is 1. The Morgan fingerprint density at radius 1 is 1.05 bits per heavy atom. The van der Waals surface area contributed by atoms with Crippen molar-refractivity contribution in [1.82, 2.24) is 29.5 Å². The van der Waals surface area contributed by atoms with Crippen molar-refractivity contribution in [3.05, 3.63) is 41.4 Å². The lowest BCUT2D eigenvalue weighted by Gasteiger charge is -2.28. The monoisotopic (exact) mass is 921 g/mol. The molecule has 350 valence electrons. The molecule has 3 saturated carbocycles. The number of para-hydroxylation sites is 1. The molecule has 1 aromatic carbocycles. The lowest BCUT2D eigenvalue weighted by Crippen LogP contribution is -2.53. The lowest BCUT2D eigenvalue weighted by molar-refractivity contribution is -0.139. The van der Waals surface area contributed by atoms with Crippen LogP contribution in [-0.4, -0.2) is 86.7 Å². The molecule has 5 atom stereocenters. The number of alkyl carbamates (subject to hydrolysis) is 1. The van der Waals surface area contributed by atoms with Gasteiger partial charge in [-0.1, -0.05) is 63.2 Å². The summed E-state index contributed by atoms with van der Waals surface area (Å²) in [6.45, 7) is 11.1.